The fourth-order valence-electron chi connectivity index (χ4n) is 2.06. The van der Waals surface area contributed by atoms with Crippen LogP contribution in [0, 0.1) is 5.92 Å². The zero-order valence-corrected chi connectivity index (χ0v) is 13.7. The van der Waals surface area contributed by atoms with Gasteiger partial charge in [-0.05, 0) is 31.6 Å². The van der Waals surface area contributed by atoms with E-state index in [-0.39, 0.29) is 42.8 Å². The van der Waals surface area contributed by atoms with Crippen molar-refractivity contribution in [3.8, 4) is 0 Å². The minimum Gasteiger partial charge on any atom is -0.378 e. The highest BCUT2D eigenvalue weighted by Crippen LogP contribution is 2.14. The molecular weight excluding hydrogens is 294 g/mol. The van der Waals surface area contributed by atoms with Crippen molar-refractivity contribution in [2.75, 3.05) is 19.7 Å². The number of carbonyl (C=O) groups excluding carboxylic acids is 2. The molecule has 1 heterocycles. The molecule has 2 amide bonds. The number of ether oxygens (including phenoxy) is 1. The molecule has 6 nitrogen and oxygen atoms in total. The van der Waals surface area contributed by atoms with Gasteiger partial charge in [-0.2, -0.15) is 0 Å². The van der Waals surface area contributed by atoms with Gasteiger partial charge in [-0.25, -0.2) is 0 Å². The molecule has 7 heteroatoms. The van der Waals surface area contributed by atoms with Crippen LogP contribution in [0.25, 0.3) is 0 Å². The molecule has 0 bridgehead atoms. The van der Waals surface area contributed by atoms with Crippen LogP contribution in [0.2, 0.25) is 0 Å². The lowest BCUT2D eigenvalue weighted by Gasteiger charge is -2.22. The van der Waals surface area contributed by atoms with E-state index in [1.807, 2.05) is 13.8 Å². The summed E-state index contributed by atoms with van der Waals surface area (Å²) < 4.78 is 5.58. The van der Waals surface area contributed by atoms with Crippen molar-refractivity contribution < 1.29 is 14.3 Å². The van der Waals surface area contributed by atoms with Crippen LogP contribution in [-0.2, 0) is 14.3 Å². The van der Waals surface area contributed by atoms with Crippen LogP contribution in [-0.4, -0.2) is 43.7 Å². The molecule has 0 aromatic carbocycles. The van der Waals surface area contributed by atoms with Crippen molar-refractivity contribution in [2.45, 2.75) is 51.7 Å². The maximum absolute atomic E-state index is 11.6. The average molecular weight is 322 g/mol. The second kappa shape index (κ2) is 10.8. The van der Waals surface area contributed by atoms with Gasteiger partial charge in [0.05, 0.1) is 18.7 Å². The monoisotopic (exact) mass is 321 g/mol. The summed E-state index contributed by atoms with van der Waals surface area (Å²) in [6.45, 7) is 5.12. The molecule has 1 rings (SSSR count). The first kappa shape index (κ1) is 20.1. The maximum atomic E-state index is 11.6. The number of nitrogens with two attached hydrogens (primary N) is 1. The van der Waals surface area contributed by atoms with Crippen molar-refractivity contribution in [2.24, 2.45) is 11.7 Å². The first-order valence-corrected chi connectivity index (χ1v) is 7.42. The number of hydrogen-bond acceptors (Lipinski definition) is 4. The molecule has 124 valence electrons. The quantitative estimate of drug-likeness (QED) is 0.639. The van der Waals surface area contributed by atoms with Gasteiger partial charge in [0.2, 0.25) is 11.8 Å². The second-order valence-electron chi connectivity index (χ2n) is 5.61. The highest BCUT2D eigenvalue weighted by Gasteiger charge is 2.18. The molecule has 1 aliphatic heterocycles. The summed E-state index contributed by atoms with van der Waals surface area (Å²) in [4.78, 5) is 23.1. The minimum atomic E-state index is -0.571. The van der Waals surface area contributed by atoms with Gasteiger partial charge in [-0.3, -0.25) is 9.59 Å². The Hall–Kier alpha value is -0.850. The van der Waals surface area contributed by atoms with Gasteiger partial charge in [0.15, 0.2) is 0 Å². The second-order valence-corrected chi connectivity index (χ2v) is 5.61. The molecule has 0 saturated carbocycles. The highest BCUT2D eigenvalue weighted by atomic mass is 35.5. The summed E-state index contributed by atoms with van der Waals surface area (Å²) >= 11 is 0. The van der Waals surface area contributed by atoms with Gasteiger partial charge in [-0.1, -0.05) is 13.8 Å². The van der Waals surface area contributed by atoms with Crippen LogP contribution in [0.3, 0.4) is 0 Å². The fourth-order valence-corrected chi connectivity index (χ4v) is 2.06. The molecule has 21 heavy (non-hydrogen) atoms. The normalized spacial score (nSPS) is 19.5. The lowest BCUT2D eigenvalue weighted by atomic mass is 10.1. The topological polar surface area (TPSA) is 93.5 Å². The summed E-state index contributed by atoms with van der Waals surface area (Å²) in [5.74, 6) is -0.419. The molecule has 1 saturated heterocycles. The minimum absolute atomic E-state index is 0. The lowest BCUT2D eigenvalue weighted by Crippen LogP contribution is -2.47. The number of hydrogen-bond donors (Lipinski definition) is 3. The molecule has 1 fully saturated rings. The number of amides is 2. The lowest BCUT2D eigenvalue weighted by molar-refractivity contribution is -0.127. The standard InChI is InChI=1S/C14H27N3O3.ClH/c1-10(2)13(15)14(19)17-9-12(18)16-7-6-11-5-3-4-8-20-11;/h10-11,13H,3-9,15H2,1-2H3,(H,16,18)(H,17,19);1H/t11?,13-;/m0./s1. The van der Waals surface area contributed by atoms with Crippen molar-refractivity contribution in [1.82, 2.24) is 10.6 Å². The third-order valence-electron chi connectivity index (χ3n) is 3.51. The number of carbonyl (C=O) groups is 2. The zero-order valence-electron chi connectivity index (χ0n) is 12.9. The van der Waals surface area contributed by atoms with Gasteiger partial charge in [-0.15, -0.1) is 12.4 Å². The Morgan fingerprint density at radius 1 is 1.29 bits per heavy atom. The molecule has 4 N–H and O–H groups in total. The first-order chi connectivity index (χ1) is 9.50. The smallest absolute Gasteiger partial charge is 0.239 e. The van der Waals surface area contributed by atoms with E-state index in [1.54, 1.807) is 0 Å². The SMILES string of the molecule is CC(C)[C@H](N)C(=O)NCC(=O)NCCC1CCCCO1.Cl. The van der Waals surface area contributed by atoms with Gasteiger partial charge < -0.3 is 21.1 Å². The van der Waals surface area contributed by atoms with E-state index >= 15 is 0 Å². The predicted octanol–water partition coefficient (Wildman–Crippen LogP) is 0.583. The van der Waals surface area contributed by atoms with Crippen LogP contribution in [0.15, 0.2) is 0 Å². The molecule has 0 aromatic rings. The third kappa shape index (κ3) is 8.24. The Kier molecular flexibility index (Phi) is 10.4. The molecule has 1 unspecified atom stereocenters. The summed E-state index contributed by atoms with van der Waals surface area (Å²) in [6, 6.07) is -0.571. The van der Waals surface area contributed by atoms with Gasteiger partial charge in [0.25, 0.3) is 0 Å². The number of rotatable bonds is 7. The largest absolute Gasteiger partial charge is 0.378 e. The van der Waals surface area contributed by atoms with E-state index in [1.165, 1.54) is 6.42 Å². The molecule has 0 aromatic heterocycles. The van der Waals surface area contributed by atoms with Crippen molar-refractivity contribution in [3.63, 3.8) is 0 Å². The maximum Gasteiger partial charge on any atom is 0.239 e. The molecule has 1 aliphatic rings. The molecule has 2 atom stereocenters. The molecule has 0 radical (unpaired) electrons. The molecule has 0 aliphatic carbocycles. The van der Waals surface area contributed by atoms with E-state index in [0.717, 1.165) is 25.9 Å². The summed E-state index contributed by atoms with van der Waals surface area (Å²) in [5, 5.41) is 5.32. The van der Waals surface area contributed by atoms with Crippen molar-refractivity contribution >= 4 is 24.2 Å². The Balaban J connectivity index is 0.00000400. The van der Waals surface area contributed by atoms with Crippen LogP contribution in [0.1, 0.15) is 39.5 Å². The fraction of sp³-hybridized carbons (Fsp3) is 0.857. The van der Waals surface area contributed by atoms with Gasteiger partial charge in [0.1, 0.15) is 0 Å². The van der Waals surface area contributed by atoms with Gasteiger partial charge in [0, 0.05) is 13.2 Å². The third-order valence-corrected chi connectivity index (χ3v) is 3.51. The van der Waals surface area contributed by atoms with Crippen molar-refractivity contribution in [3.05, 3.63) is 0 Å². The van der Waals surface area contributed by atoms with Crippen LogP contribution in [0.5, 0.6) is 0 Å². The van der Waals surface area contributed by atoms with E-state index < -0.39 is 6.04 Å². The molecular formula is C14H28ClN3O3. The van der Waals surface area contributed by atoms with Crippen LogP contribution >= 0.6 is 12.4 Å². The first-order valence-electron chi connectivity index (χ1n) is 7.42. The predicted molar refractivity (Wildman–Crippen MR) is 84.3 cm³/mol. The summed E-state index contributed by atoms with van der Waals surface area (Å²) in [6.07, 6.45) is 4.47. The molecule has 0 spiro atoms. The average Bonchev–Trinajstić information content (AvgIpc) is 2.45. The van der Waals surface area contributed by atoms with Crippen LogP contribution in [0.4, 0.5) is 0 Å². The van der Waals surface area contributed by atoms with E-state index in [4.69, 9.17) is 10.5 Å². The Labute approximate surface area is 133 Å². The number of halogens is 1. The van der Waals surface area contributed by atoms with E-state index in [0.29, 0.717) is 6.54 Å². The Bertz CT molecular complexity index is 321. The number of nitrogens with one attached hydrogen (secondary N) is 2. The summed E-state index contributed by atoms with van der Waals surface area (Å²) in [5.41, 5.74) is 5.68. The van der Waals surface area contributed by atoms with E-state index in [2.05, 4.69) is 10.6 Å². The van der Waals surface area contributed by atoms with Crippen LogP contribution < -0.4 is 16.4 Å². The zero-order chi connectivity index (χ0) is 15.0. The van der Waals surface area contributed by atoms with Crippen molar-refractivity contribution in [1.29, 1.82) is 0 Å². The Morgan fingerprint density at radius 2 is 2.00 bits per heavy atom. The van der Waals surface area contributed by atoms with E-state index in [9.17, 15) is 9.59 Å². The van der Waals surface area contributed by atoms with Gasteiger partial charge >= 0.3 is 0 Å². The highest BCUT2D eigenvalue weighted by molar-refractivity contribution is 5.87. The summed E-state index contributed by atoms with van der Waals surface area (Å²) in [7, 11) is 0. The Morgan fingerprint density at radius 3 is 2.57 bits per heavy atom.